The number of likely N-dealkylation sites (tertiary alicyclic amines) is 1. The van der Waals surface area contributed by atoms with E-state index in [9.17, 15) is 4.79 Å². The molecule has 2 heterocycles. The van der Waals surface area contributed by atoms with Crippen molar-refractivity contribution in [2.75, 3.05) is 20.2 Å². The van der Waals surface area contributed by atoms with Gasteiger partial charge in [-0.2, -0.15) is 0 Å². The molecular formula is C14H19ClN2O2. The zero-order chi connectivity index (χ0) is 13.8. The van der Waals surface area contributed by atoms with Crippen molar-refractivity contribution in [1.29, 1.82) is 0 Å². The van der Waals surface area contributed by atoms with E-state index < -0.39 is 0 Å². The first-order valence-electron chi connectivity index (χ1n) is 6.52. The largest absolute Gasteiger partial charge is 0.469 e. The highest BCUT2D eigenvalue weighted by Crippen LogP contribution is 2.22. The Morgan fingerprint density at radius 1 is 1.53 bits per heavy atom. The number of hydrogen-bond donors (Lipinski definition) is 0. The second-order valence-corrected chi connectivity index (χ2v) is 5.32. The van der Waals surface area contributed by atoms with E-state index in [0.29, 0.717) is 5.15 Å². The molecule has 1 aliphatic heterocycles. The van der Waals surface area contributed by atoms with Gasteiger partial charge in [-0.05, 0) is 50.0 Å². The van der Waals surface area contributed by atoms with Gasteiger partial charge < -0.3 is 4.74 Å². The van der Waals surface area contributed by atoms with Gasteiger partial charge in [0.05, 0.1) is 13.0 Å². The highest BCUT2D eigenvalue weighted by atomic mass is 35.5. The SMILES string of the molecule is COC(=O)C1CCN(Cc2ccnc(Cl)c2C)CC1. The molecule has 0 N–H and O–H groups in total. The zero-order valence-corrected chi connectivity index (χ0v) is 12.1. The van der Waals surface area contributed by atoms with Gasteiger partial charge in [0.15, 0.2) is 0 Å². The lowest BCUT2D eigenvalue weighted by molar-refractivity contribution is -0.147. The number of nitrogens with zero attached hydrogens (tertiary/aromatic N) is 2. The fourth-order valence-corrected chi connectivity index (χ4v) is 2.63. The number of carbonyl (C=O) groups is 1. The summed E-state index contributed by atoms with van der Waals surface area (Å²) in [6.07, 6.45) is 3.47. The quantitative estimate of drug-likeness (QED) is 0.631. The number of hydrogen-bond acceptors (Lipinski definition) is 4. The van der Waals surface area contributed by atoms with E-state index in [-0.39, 0.29) is 11.9 Å². The molecule has 4 nitrogen and oxygen atoms in total. The summed E-state index contributed by atoms with van der Waals surface area (Å²) in [5.41, 5.74) is 2.25. The maximum atomic E-state index is 11.5. The van der Waals surface area contributed by atoms with Gasteiger partial charge in [-0.3, -0.25) is 9.69 Å². The molecule has 0 aromatic carbocycles. The van der Waals surface area contributed by atoms with Crippen molar-refractivity contribution < 1.29 is 9.53 Å². The molecule has 5 heteroatoms. The fourth-order valence-electron chi connectivity index (χ4n) is 2.45. The highest BCUT2D eigenvalue weighted by Gasteiger charge is 2.25. The fraction of sp³-hybridized carbons (Fsp3) is 0.571. The highest BCUT2D eigenvalue weighted by molar-refractivity contribution is 6.30. The summed E-state index contributed by atoms with van der Waals surface area (Å²) >= 11 is 6.02. The summed E-state index contributed by atoms with van der Waals surface area (Å²) in [6, 6.07) is 2.01. The standard InChI is InChI=1S/C14H19ClN2O2/c1-10-12(3-6-16-13(10)15)9-17-7-4-11(5-8-17)14(18)19-2/h3,6,11H,4-5,7-9H2,1-2H3. The molecule has 0 atom stereocenters. The Morgan fingerprint density at radius 2 is 2.21 bits per heavy atom. The molecule has 0 radical (unpaired) electrons. The van der Waals surface area contributed by atoms with Crippen molar-refractivity contribution in [3.63, 3.8) is 0 Å². The number of rotatable bonds is 3. The lowest BCUT2D eigenvalue weighted by Gasteiger charge is -2.30. The van der Waals surface area contributed by atoms with Gasteiger partial charge in [0.2, 0.25) is 0 Å². The van der Waals surface area contributed by atoms with Crippen LogP contribution in [-0.4, -0.2) is 36.1 Å². The lowest BCUT2D eigenvalue weighted by atomic mass is 9.96. The average Bonchev–Trinajstić information content (AvgIpc) is 2.44. The second kappa shape index (κ2) is 6.35. The smallest absolute Gasteiger partial charge is 0.308 e. The summed E-state index contributed by atoms with van der Waals surface area (Å²) in [4.78, 5) is 17.9. The molecule has 0 spiro atoms. The Hall–Kier alpha value is -1.13. The molecule has 1 aliphatic rings. The van der Waals surface area contributed by atoms with Gasteiger partial charge >= 0.3 is 5.97 Å². The maximum absolute atomic E-state index is 11.5. The molecule has 0 saturated carbocycles. The van der Waals surface area contributed by atoms with E-state index in [2.05, 4.69) is 9.88 Å². The van der Waals surface area contributed by atoms with Crippen molar-refractivity contribution in [2.45, 2.75) is 26.3 Å². The summed E-state index contributed by atoms with van der Waals surface area (Å²) in [5.74, 6) is -0.0221. The normalized spacial score (nSPS) is 17.4. The van der Waals surface area contributed by atoms with Gasteiger partial charge in [-0.15, -0.1) is 0 Å². The van der Waals surface area contributed by atoms with Gasteiger partial charge in [-0.25, -0.2) is 4.98 Å². The number of piperidine rings is 1. The molecule has 1 saturated heterocycles. The van der Waals surface area contributed by atoms with Crippen molar-refractivity contribution >= 4 is 17.6 Å². The summed E-state index contributed by atoms with van der Waals surface area (Å²) < 4.78 is 4.79. The van der Waals surface area contributed by atoms with Crippen molar-refractivity contribution in [3.8, 4) is 0 Å². The van der Waals surface area contributed by atoms with Crippen LogP contribution in [0.5, 0.6) is 0 Å². The Balaban J connectivity index is 1.92. The third kappa shape index (κ3) is 3.45. The van der Waals surface area contributed by atoms with Crippen LogP contribution in [0.3, 0.4) is 0 Å². The van der Waals surface area contributed by atoms with E-state index in [0.717, 1.165) is 38.0 Å². The Labute approximate surface area is 118 Å². The first-order chi connectivity index (χ1) is 9.11. The third-order valence-electron chi connectivity index (χ3n) is 3.77. The summed E-state index contributed by atoms with van der Waals surface area (Å²) in [6.45, 7) is 4.69. The van der Waals surface area contributed by atoms with Crippen LogP contribution < -0.4 is 0 Å². The Morgan fingerprint density at radius 3 is 2.84 bits per heavy atom. The first-order valence-corrected chi connectivity index (χ1v) is 6.89. The van der Waals surface area contributed by atoms with Crippen molar-refractivity contribution in [2.24, 2.45) is 5.92 Å². The van der Waals surface area contributed by atoms with E-state index in [4.69, 9.17) is 16.3 Å². The molecule has 0 amide bonds. The molecule has 104 valence electrons. The maximum Gasteiger partial charge on any atom is 0.308 e. The van der Waals surface area contributed by atoms with Crippen LogP contribution in [0.4, 0.5) is 0 Å². The molecule has 0 aliphatic carbocycles. The van der Waals surface area contributed by atoms with E-state index in [1.807, 2.05) is 13.0 Å². The zero-order valence-electron chi connectivity index (χ0n) is 11.4. The van der Waals surface area contributed by atoms with Crippen LogP contribution in [0.15, 0.2) is 12.3 Å². The van der Waals surface area contributed by atoms with Gasteiger partial charge in [-0.1, -0.05) is 11.6 Å². The average molecular weight is 283 g/mol. The minimum atomic E-state index is -0.0808. The van der Waals surface area contributed by atoms with Gasteiger partial charge in [0.1, 0.15) is 5.15 Å². The number of esters is 1. The molecular weight excluding hydrogens is 264 g/mol. The summed E-state index contributed by atoms with van der Waals surface area (Å²) in [5, 5.41) is 0.571. The molecule has 1 aromatic rings. The topological polar surface area (TPSA) is 42.4 Å². The van der Waals surface area contributed by atoms with Crippen molar-refractivity contribution in [1.82, 2.24) is 9.88 Å². The molecule has 2 rings (SSSR count). The number of ether oxygens (including phenoxy) is 1. The lowest BCUT2D eigenvalue weighted by Crippen LogP contribution is -2.36. The number of methoxy groups -OCH3 is 1. The van der Waals surface area contributed by atoms with Crippen LogP contribution in [0.2, 0.25) is 5.15 Å². The minimum absolute atomic E-state index is 0.0587. The first kappa shape index (κ1) is 14.3. The third-order valence-corrected chi connectivity index (χ3v) is 4.15. The minimum Gasteiger partial charge on any atom is -0.469 e. The van der Waals surface area contributed by atoms with E-state index >= 15 is 0 Å². The van der Waals surface area contributed by atoms with E-state index in [1.165, 1.54) is 12.7 Å². The molecule has 0 bridgehead atoms. The monoisotopic (exact) mass is 282 g/mol. The predicted octanol–water partition coefficient (Wildman–Crippen LogP) is 2.43. The summed E-state index contributed by atoms with van der Waals surface area (Å²) in [7, 11) is 1.46. The number of carbonyl (C=O) groups excluding carboxylic acids is 1. The predicted molar refractivity (Wildman–Crippen MR) is 74.0 cm³/mol. The van der Waals surface area contributed by atoms with Crippen LogP contribution in [-0.2, 0) is 16.1 Å². The number of halogens is 1. The van der Waals surface area contributed by atoms with Crippen LogP contribution in [0.1, 0.15) is 24.0 Å². The van der Waals surface area contributed by atoms with Crippen LogP contribution in [0.25, 0.3) is 0 Å². The van der Waals surface area contributed by atoms with Gasteiger partial charge in [0.25, 0.3) is 0 Å². The van der Waals surface area contributed by atoms with Gasteiger partial charge in [0, 0.05) is 12.7 Å². The number of aromatic nitrogens is 1. The molecule has 1 fully saturated rings. The van der Waals surface area contributed by atoms with E-state index in [1.54, 1.807) is 6.20 Å². The van der Waals surface area contributed by atoms with Crippen molar-refractivity contribution in [3.05, 3.63) is 28.5 Å². The molecule has 0 unspecified atom stereocenters. The molecule has 19 heavy (non-hydrogen) atoms. The van der Waals surface area contributed by atoms with Crippen LogP contribution >= 0.6 is 11.6 Å². The Bertz CT molecular complexity index is 457. The van der Waals surface area contributed by atoms with Crippen LogP contribution in [0, 0.1) is 12.8 Å². The Kier molecular flexibility index (Phi) is 4.77. The number of pyridine rings is 1. The molecule has 1 aromatic heterocycles. The second-order valence-electron chi connectivity index (χ2n) is 4.96.